The summed E-state index contributed by atoms with van der Waals surface area (Å²) in [7, 11) is 0. The van der Waals surface area contributed by atoms with E-state index < -0.39 is 6.29 Å². The van der Waals surface area contributed by atoms with Gasteiger partial charge in [0.05, 0.1) is 6.10 Å². The number of hydrogen-bond acceptors (Lipinski definition) is 1. The highest BCUT2D eigenvalue weighted by molar-refractivity contribution is 4.51. The van der Waals surface area contributed by atoms with Crippen molar-refractivity contribution in [2.75, 3.05) is 0 Å². The molecule has 1 radical (unpaired) electrons. The first-order valence-corrected chi connectivity index (χ1v) is 5.02. The van der Waals surface area contributed by atoms with Crippen molar-refractivity contribution in [3.05, 3.63) is 0 Å². The van der Waals surface area contributed by atoms with E-state index in [2.05, 4.69) is 6.92 Å². The van der Waals surface area contributed by atoms with Gasteiger partial charge in [0.15, 0.2) is 6.29 Å². The Labute approximate surface area is 75.9 Å². The number of rotatable bonds is 7. The SMILES string of the molecule is CCCCCC(C)OC([O])CC. The number of unbranched alkanes of at least 4 members (excludes halogenated alkanes) is 2. The first kappa shape index (κ1) is 11.9. The molecule has 0 amide bonds. The number of hydrogen-bond donors (Lipinski definition) is 0. The van der Waals surface area contributed by atoms with Crippen LogP contribution >= 0.6 is 0 Å². The van der Waals surface area contributed by atoms with Gasteiger partial charge >= 0.3 is 0 Å². The summed E-state index contributed by atoms with van der Waals surface area (Å²) >= 11 is 0. The molecule has 0 rings (SSSR count). The van der Waals surface area contributed by atoms with E-state index in [4.69, 9.17) is 4.74 Å². The van der Waals surface area contributed by atoms with Crippen LogP contribution in [-0.2, 0) is 9.84 Å². The van der Waals surface area contributed by atoms with Crippen LogP contribution in [0, 0.1) is 0 Å². The molecule has 73 valence electrons. The van der Waals surface area contributed by atoms with Gasteiger partial charge in [-0.1, -0.05) is 33.1 Å². The van der Waals surface area contributed by atoms with Gasteiger partial charge in [-0.15, -0.1) is 0 Å². The van der Waals surface area contributed by atoms with Gasteiger partial charge < -0.3 is 4.74 Å². The van der Waals surface area contributed by atoms with E-state index in [1.165, 1.54) is 19.3 Å². The Hall–Kier alpha value is -0.0800. The summed E-state index contributed by atoms with van der Waals surface area (Å²) in [4.78, 5) is 0. The predicted octanol–water partition coefficient (Wildman–Crippen LogP) is 3.14. The molecule has 0 bridgehead atoms. The maximum absolute atomic E-state index is 10.9. The van der Waals surface area contributed by atoms with Crippen LogP contribution < -0.4 is 0 Å². The Bertz CT molecular complexity index is 93.8. The van der Waals surface area contributed by atoms with E-state index in [9.17, 15) is 5.11 Å². The molecule has 0 aromatic rings. The van der Waals surface area contributed by atoms with Crippen LogP contribution in [0.25, 0.3) is 0 Å². The van der Waals surface area contributed by atoms with E-state index in [1.807, 2.05) is 13.8 Å². The Kier molecular flexibility index (Phi) is 7.51. The lowest BCUT2D eigenvalue weighted by Gasteiger charge is -2.14. The van der Waals surface area contributed by atoms with Crippen LogP contribution in [0.15, 0.2) is 0 Å². The fourth-order valence-corrected chi connectivity index (χ4v) is 1.11. The van der Waals surface area contributed by atoms with Crippen molar-refractivity contribution in [1.29, 1.82) is 0 Å². The van der Waals surface area contributed by atoms with Crippen molar-refractivity contribution in [2.45, 2.75) is 65.3 Å². The minimum absolute atomic E-state index is 0.138. The molecule has 0 saturated carbocycles. The van der Waals surface area contributed by atoms with Gasteiger partial charge in [0.1, 0.15) is 0 Å². The standard InChI is InChI=1S/C10H21O2/c1-4-6-7-8-9(3)12-10(11)5-2/h9-10H,4-8H2,1-3H3. The minimum Gasteiger partial charge on any atom is -0.347 e. The monoisotopic (exact) mass is 173 g/mol. The highest BCUT2D eigenvalue weighted by Crippen LogP contribution is 2.08. The molecule has 0 aliphatic rings. The van der Waals surface area contributed by atoms with Gasteiger partial charge in [0.2, 0.25) is 0 Å². The minimum atomic E-state index is -0.818. The van der Waals surface area contributed by atoms with E-state index in [-0.39, 0.29) is 6.10 Å². The Morgan fingerprint density at radius 3 is 2.42 bits per heavy atom. The molecule has 2 atom stereocenters. The third-order valence-corrected chi connectivity index (χ3v) is 1.93. The van der Waals surface area contributed by atoms with Gasteiger partial charge in [0.25, 0.3) is 0 Å². The molecule has 0 aromatic carbocycles. The van der Waals surface area contributed by atoms with Gasteiger partial charge in [-0.05, 0) is 19.8 Å². The average Bonchev–Trinajstić information content (AvgIpc) is 2.05. The summed E-state index contributed by atoms with van der Waals surface area (Å²) in [6.07, 6.45) is 4.55. The summed E-state index contributed by atoms with van der Waals surface area (Å²) in [5.74, 6) is 0. The summed E-state index contributed by atoms with van der Waals surface area (Å²) in [6.45, 7) is 6.01. The van der Waals surface area contributed by atoms with Crippen LogP contribution in [0.1, 0.15) is 52.9 Å². The summed E-state index contributed by atoms with van der Waals surface area (Å²) < 4.78 is 5.19. The number of ether oxygens (including phenoxy) is 1. The topological polar surface area (TPSA) is 29.1 Å². The zero-order valence-corrected chi connectivity index (χ0v) is 8.51. The lowest BCUT2D eigenvalue weighted by molar-refractivity contribution is -0.168. The normalized spacial score (nSPS) is 16.0. The van der Waals surface area contributed by atoms with Crippen molar-refractivity contribution in [1.82, 2.24) is 0 Å². The van der Waals surface area contributed by atoms with Gasteiger partial charge in [0, 0.05) is 0 Å². The van der Waals surface area contributed by atoms with Crippen LogP contribution in [0.3, 0.4) is 0 Å². The lowest BCUT2D eigenvalue weighted by atomic mass is 10.1. The molecule has 2 heteroatoms. The first-order valence-electron chi connectivity index (χ1n) is 5.02. The van der Waals surface area contributed by atoms with E-state index >= 15 is 0 Å². The molecule has 2 nitrogen and oxygen atoms in total. The molecular weight excluding hydrogens is 152 g/mol. The van der Waals surface area contributed by atoms with Crippen LogP contribution in [-0.4, -0.2) is 12.4 Å². The zero-order valence-electron chi connectivity index (χ0n) is 8.51. The second kappa shape index (κ2) is 7.56. The summed E-state index contributed by atoms with van der Waals surface area (Å²) in [5.41, 5.74) is 0. The fourth-order valence-electron chi connectivity index (χ4n) is 1.11. The summed E-state index contributed by atoms with van der Waals surface area (Å²) in [6, 6.07) is 0. The molecule has 0 fully saturated rings. The van der Waals surface area contributed by atoms with Crippen LogP contribution in [0.4, 0.5) is 0 Å². The first-order chi connectivity index (χ1) is 5.70. The Morgan fingerprint density at radius 1 is 1.25 bits per heavy atom. The van der Waals surface area contributed by atoms with E-state index in [1.54, 1.807) is 0 Å². The van der Waals surface area contributed by atoms with Crippen LogP contribution in [0.2, 0.25) is 0 Å². The molecule has 0 N–H and O–H groups in total. The van der Waals surface area contributed by atoms with Gasteiger partial charge in [-0.3, -0.25) is 0 Å². The predicted molar refractivity (Wildman–Crippen MR) is 49.5 cm³/mol. The Balaban J connectivity index is 3.26. The van der Waals surface area contributed by atoms with Crippen molar-refractivity contribution in [2.24, 2.45) is 0 Å². The Morgan fingerprint density at radius 2 is 1.92 bits per heavy atom. The fraction of sp³-hybridized carbons (Fsp3) is 1.00. The molecule has 12 heavy (non-hydrogen) atoms. The summed E-state index contributed by atoms with van der Waals surface area (Å²) in [5, 5.41) is 10.9. The zero-order chi connectivity index (χ0) is 9.40. The largest absolute Gasteiger partial charge is 0.347 e. The van der Waals surface area contributed by atoms with E-state index in [0.29, 0.717) is 6.42 Å². The smallest absolute Gasteiger partial charge is 0.191 e. The molecule has 0 heterocycles. The average molecular weight is 173 g/mol. The van der Waals surface area contributed by atoms with Gasteiger partial charge in [-0.25, -0.2) is 5.11 Å². The second-order valence-corrected chi connectivity index (χ2v) is 3.28. The molecule has 0 aliphatic heterocycles. The molecule has 0 spiro atoms. The molecule has 0 saturated heterocycles. The van der Waals surface area contributed by atoms with E-state index in [0.717, 1.165) is 6.42 Å². The quantitative estimate of drug-likeness (QED) is 0.429. The maximum Gasteiger partial charge on any atom is 0.191 e. The third kappa shape index (κ3) is 6.62. The highest BCUT2D eigenvalue weighted by atomic mass is 16.6. The second-order valence-electron chi connectivity index (χ2n) is 3.28. The van der Waals surface area contributed by atoms with Crippen LogP contribution in [0.5, 0.6) is 0 Å². The van der Waals surface area contributed by atoms with Crippen molar-refractivity contribution < 1.29 is 9.84 Å². The third-order valence-electron chi connectivity index (χ3n) is 1.93. The molecular formula is C10H21O2. The van der Waals surface area contributed by atoms with Crippen molar-refractivity contribution in [3.63, 3.8) is 0 Å². The van der Waals surface area contributed by atoms with Crippen molar-refractivity contribution >= 4 is 0 Å². The lowest BCUT2D eigenvalue weighted by Crippen LogP contribution is -2.17. The molecule has 0 aliphatic carbocycles. The maximum atomic E-state index is 10.9. The highest BCUT2D eigenvalue weighted by Gasteiger charge is 2.08. The van der Waals surface area contributed by atoms with Gasteiger partial charge in [-0.2, -0.15) is 0 Å². The molecule has 2 unspecified atom stereocenters. The molecule has 0 aromatic heterocycles. The van der Waals surface area contributed by atoms with Crippen molar-refractivity contribution in [3.8, 4) is 0 Å².